The Morgan fingerprint density at radius 1 is 0.778 bits per heavy atom. The Labute approximate surface area is 259 Å². The number of carbonyl (C=O) groups excluding carboxylic acids is 6. The Bertz CT molecular complexity index is 1780. The molecule has 0 saturated heterocycles. The van der Waals surface area contributed by atoms with E-state index in [1.165, 1.54) is 6.08 Å². The van der Waals surface area contributed by atoms with Gasteiger partial charge in [-0.2, -0.15) is 0 Å². The normalized spacial score (nSPS) is 13.6. The van der Waals surface area contributed by atoms with Crippen molar-refractivity contribution in [1.82, 2.24) is 5.32 Å². The van der Waals surface area contributed by atoms with Crippen LogP contribution in [-0.4, -0.2) is 78.5 Å². The zero-order chi connectivity index (χ0) is 33.3. The number of esters is 6. The van der Waals surface area contributed by atoms with E-state index in [1.54, 1.807) is 24.3 Å². The third-order valence-corrected chi connectivity index (χ3v) is 6.90. The number of nitrogens with one attached hydrogen (secondary N) is 1. The molecular weight excluding hydrogens is 616 g/mol. The van der Waals surface area contributed by atoms with Crippen LogP contribution in [0.4, 0.5) is 0 Å². The molecule has 0 radical (unpaired) electrons. The molecule has 3 rings (SSSR count). The number of carbonyl (C=O) groups is 6. The van der Waals surface area contributed by atoms with Gasteiger partial charge in [-0.05, 0) is 12.1 Å². The van der Waals surface area contributed by atoms with E-state index < -0.39 is 52.8 Å². The van der Waals surface area contributed by atoms with E-state index in [-0.39, 0.29) is 32.2 Å². The average molecular weight is 643 g/mol. The fourth-order valence-electron chi connectivity index (χ4n) is 3.71. The second-order valence-corrected chi connectivity index (χ2v) is 9.37. The molecule has 1 N–H and O–H groups in total. The van der Waals surface area contributed by atoms with Gasteiger partial charge in [0.05, 0.1) is 70.3 Å². The Morgan fingerprint density at radius 3 is 2.00 bits per heavy atom. The van der Waals surface area contributed by atoms with Crippen LogP contribution in [0.2, 0.25) is 0 Å². The average Bonchev–Trinajstić information content (AvgIpc) is 3.23. The highest BCUT2D eigenvalue weighted by Gasteiger charge is 2.33. The fraction of sp³-hybridized carbons (Fsp3) is 0.207. The Balaban J connectivity index is 2.55. The lowest BCUT2D eigenvalue weighted by Gasteiger charge is -2.16. The van der Waals surface area contributed by atoms with Crippen molar-refractivity contribution in [2.24, 2.45) is 4.99 Å². The largest absolute Gasteiger partial charge is 0.466 e. The minimum absolute atomic E-state index is 0.0680. The van der Waals surface area contributed by atoms with Gasteiger partial charge in [0, 0.05) is 10.9 Å². The number of rotatable bonds is 9. The monoisotopic (exact) mass is 642 g/mol. The van der Waals surface area contributed by atoms with Crippen molar-refractivity contribution in [3.63, 3.8) is 0 Å². The van der Waals surface area contributed by atoms with Crippen LogP contribution in [0.25, 0.3) is 17.0 Å². The molecule has 236 valence electrons. The summed E-state index contributed by atoms with van der Waals surface area (Å²) < 4.78 is 34.7. The SMILES string of the molecule is COC(=O)/C=C(/N=c1oc2ccccc2c2c1SC(N/C(=C/C(=O)OC)C(=O)OC)=C(C(=O)OC)C(C(=O)OC)=C2)C(=O)OC. The van der Waals surface area contributed by atoms with Gasteiger partial charge in [0.2, 0.25) is 5.55 Å². The molecule has 16 heteroatoms. The van der Waals surface area contributed by atoms with E-state index >= 15 is 0 Å². The van der Waals surface area contributed by atoms with Gasteiger partial charge in [0.15, 0.2) is 5.70 Å². The Hall–Kier alpha value is -5.64. The number of hydrogen-bond acceptors (Lipinski definition) is 16. The Kier molecular flexibility index (Phi) is 11.4. The molecule has 0 fully saturated rings. The quantitative estimate of drug-likeness (QED) is 0.234. The van der Waals surface area contributed by atoms with E-state index in [0.29, 0.717) is 17.1 Å². The molecule has 0 bridgehead atoms. The number of benzene rings is 1. The van der Waals surface area contributed by atoms with Crippen molar-refractivity contribution in [3.05, 3.63) is 75.1 Å². The predicted molar refractivity (Wildman–Crippen MR) is 154 cm³/mol. The molecule has 0 unspecified atom stereocenters. The van der Waals surface area contributed by atoms with Gasteiger partial charge in [-0.3, -0.25) is 0 Å². The third-order valence-electron chi connectivity index (χ3n) is 5.80. The first kappa shape index (κ1) is 33.9. The van der Waals surface area contributed by atoms with Gasteiger partial charge in [0.25, 0.3) is 0 Å². The number of ether oxygens (including phenoxy) is 6. The summed E-state index contributed by atoms with van der Waals surface area (Å²) in [7, 11) is 6.42. The van der Waals surface area contributed by atoms with Crippen LogP contribution >= 0.6 is 11.8 Å². The molecule has 1 aromatic heterocycles. The molecule has 1 aliphatic rings. The summed E-state index contributed by atoms with van der Waals surface area (Å²) in [4.78, 5) is 80.1. The minimum atomic E-state index is -1.05. The molecule has 0 spiro atoms. The van der Waals surface area contributed by atoms with Crippen molar-refractivity contribution >= 4 is 64.6 Å². The van der Waals surface area contributed by atoms with Crippen LogP contribution in [0.3, 0.4) is 0 Å². The molecule has 0 amide bonds. The van der Waals surface area contributed by atoms with Crippen LogP contribution in [0.1, 0.15) is 5.56 Å². The molecule has 1 aromatic carbocycles. The molecule has 1 aliphatic heterocycles. The first-order valence-electron chi connectivity index (χ1n) is 12.5. The lowest BCUT2D eigenvalue weighted by molar-refractivity contribution is -0.139. The van der Waals surface area contributed by atoms with Gasteiger partial charge >= 0.3 is 35.8 Å². The predicted octanol–water partition coefficient (Wildman–Crippen LogP) is 1.43. The lowest BCUT2D eigenvalue weighted by Crippen LogP contribution is -2.26. The maximum absolute atomic E-state index is 13.2. The molecule has 0 atom stereocenters. The summed E-state index contributed by atoms with van der Waals surface area (Å²) in [6.07, 6.45) is 2.82. The standard InChI is InChI=1S/C29H26N2O13S/c1-38-20(32)12-17(27(35)41-4)30-24-23-15(14-9-7-8-10-19(14)44-24)11-16(26(34)40-3)22(29(37)43-6)25(45-23)31-18(28(36)42-5)13-21(33)39-2/h7-13,31H,1-6H3/b17-12+,18-13+,30-24?. The number of methoxy groups -OCH3 is 6. The first-order valence-corrected chi connectivity index (χ1v) is 13.3. The molecular formula is C29H26N2O13S. The zero-order valence-electron chi connectivity index (χ0n) is 24.7. The van der Waals surface area contributed by atoms with E-state index in [9.17, 15) is 28.8 Å². The zero-order valence-corrected chi connectivity index (χ0v) is 25.5. The Morgan fingerprint density at radius 2 is 1.40 bits per heavy atom. The highest BCUT2D eigenvalue weighted by Crippen LogP contribution is 2.39. The number of thioether (sulfide) groups is 1. The van der Waals surface area contributed by atoms with E-state index in [0.717, 1.165) is 54.8 Å². The van der Waals surface area contributed by atoms with Crippen LogP contribution in [0.15, 0.2) is 78.3 Å². The van der Waals surface area contributed by atoms with Crippen molar-refractivity contribution in [2.45, 2.75) is 4.90 Å². The fourth-order valence-corrected chi connectivity index (χ4v) is 4.83. The van der Waals surface area contributed by atoms with E-state index in [1.807, 2.05) is 0 Å². The summed E-state index contributed by atoms with van der Waals surface area (Å²) in [5, 5.41) is 2.81. The van der Waals surface area contributed by atoms with Crippen molar-refractivity contribution in [1.29, 1.82) is 0 Å². The number of hydrogen-bond donors (Lipinski definition) is 1. The first-order chi connectivity index (χ1) is 21.5. The van der Waals surface area contributed by atoms with Crippen LogP contribution in [0, 0.1) is 0 Å². The van der Waals surface area contributed by atoms with Gasteiger partial charge in [-0.1, -0.05) is 30.0 Å². The number of fused-ring (bicyclic) bond motifs is 3. The van der Waals surface area contributed by atoms with Gasteiger partial charge in [-0.15, -0.1) is 0 Å². The van der Waals surface area contributed by atoms with Crippen molar-refractivity contribution < 1.29 is 61.6 Å². The van der Waals surface area contributed by atoms with E-state index in [4.69, 9.17) is 23.4 Å². The van der Waals surface area contributed by atoms with Crippen molar-refractivity contribution in [3.8, 4) is 0 Å². The molecule has 0 aliphatic carbocycles. The molecule has 2 aromatic rings. The third kappa shape index (κ3) is 7.66. The van der Waals surface area contributed by atoms with Crippen LogP contribution in [0.5, 0.6) is 0 Å². The second-order valence-electron chi connectivity index (χ2n) is 8.35. The molecule has 15 nitrogen and oxygen atoms in total. The second kappa shape index (κ2) is 15.2. The van der Waals surface area contributed by atoms with E-state index in [2.05, 4.69) is 19.8 Å². The highest BCUT2D eigenvalue weighted by atomic mass is 32.2. The minimum Gasteiger partial charge on any atom is -0.466 e. The highest BCUT2D eigenvalue weighted by molar-refractivity contribution is 8.03. The maximum atomic E-state index is 13.2. The molecule has 0 saturated carbocycles. The number of para-hydroxylation sites is 1. The number of nitrogens with zero attached hydrogens (tertiary/aromatic N) is 1. The van der Waals surface area contributed by atoms with Crippen LogP contribution in [-0.2, 0) is 57.2 Å². The topological polar surface area (TPSA) is 195 Å². The summed E-state index contributed by atoms with van der Waals surface area (Å²) >= 11 is 0.704. The van der Waals surface area contributed by atoms with Gasteiger partial charge < -0.3 is 38.2 Å². The summed E-state index contributed by atoms with van der Waals surface area (Å²) in [6, 6.07) is 6.54. The summed E-state index contributed by atoms with van der Waals surface area (Å²) in [5.41, 5.74) is -1.61. The molecule has 2 heterocycles. The van der Waals surface area contributed by atoms with Gasteiger partial charge in [0.1, 0.15) is 16.9 Å². The lowest BCUT2D eigenvalue weighted by atomic mass is 10.0. The summed E-state index contributed by atoms with van der Waals surface area (Å²) in [6.45, 7) is 0. The van der Waals surface area contributed by atoms with Gasteiger partial charge in [-0.25, -0.2) is 33.8 Å². The van der Waals surface area contributed by atoms with Crippen molar-refractivity contribution in [2.75, 3.05) is 42.7 Å². The van der Waals surface area contributed by atoms with Crippen LogP contribution < -0.4 is 10.9 Å². The summed E-state index contributed by atoms with van der Waals surface area (Å²) in [5.74, 6) is -6.00. The molecule has 45 heavy (non-hydrogen) atoms. The smallest absolute Gasteiger partial charge is 0.357 e. The maximum Gasteiger partial charge on any atom is 0.357 e.